The molecule has 0 amide bonds. The maximum atomic E-state index is 5.64. The second kappa shape index (κ2) is 7.68. The zero-order valence-corrected chi connectivity index (χ0v) is 10.5. The monoisotopic (exact) mass is 243 g/mol. The fraction of sp³-hybridized carbons (Fsp3) is 0.667. The molecule has 0 fully saturated rings. The highest BCUT2D eigenvalue weighted by atomic mass is 35.5. The van der Waals surface area contributed by atoms with Crippen molar-refractivity contribution < 1.29 is 0 Å². The molecule has 0 aliphatic heterocycles. The third kappa shape index (κ3) is 8.95. The predicted octanol–water partition coefficient (Wildman–Crippen LogP) is 2.87. The molecule has 63 valence electrons. The van der Waals surface area contributed by atoms with Gasteiger partial charge in [-0.05, 0) is 6.04 Å². The van der Waals surface area contributed by atoms with Gasteiger partial charge in [0, 0.05) is 5.50 Å². The molecule has 0 aromatic carbocycles. The Balaban J connectivity index is 3.29. The minimum atomic E-state index is -0.424. The van der Waals surface area contributed by atoms with Crippen LogP contribution in [-0.4, -0.2) is 28.3 Å². The van der Waals surface area contributed by atoms with Crippen LogP contribution in [0.3, 0.4) is 0 Å². The quantitative estimate of drug-likeness (QED) is 0.515. The Morgan fingerprint density at radius 1 is 1.55 bits per heavy atom. The van der Waals surface area contributed by atoms with Crippen LogP contribution >= 0.6 is 34.8 Å². The van der Waals surface area contributed by atoms with Crippen LogP contribution in [0, 0.1) is 0 Å². The van der Waals surface area contributed by atoms with Gasteiger partial charge in [-0.1, -0.05) is 18.3 Å². The van der Waals surface area contributed by atoms with Crippen molar-refractivity contribution in [1.29, 1.82) is 0 Å². The summed E-state index contributed by atoms with van der Waals surface area (Å²) in [5.41, 5.74) is 2.97. The summed E-state index contributed by atoms with van der Waals surface area (Å²) in [5, 5.41) is 0. The molecule has 0 saturated heterocycles. The predicted molar refractivity (Wildman–Crippen MR) is 57.5 cm³/mol. The summed E-state index contributed by atoms with van der Waals surface area (Å²) in [6, 6.07) is 0.983. The van der Waals surface area contributed by atoms with Gasteiger partial charge in [0.15, 0.2) is 0 Å². The molecule has 0 aliphatic carbocycles. The molecule has 5 heteroatoms. The molecule has 0 unspecified atom stereocenters. The Labute approximate surface area is 87.3 Å². The van der Waals surface area contributed by atoms with Gasteiger partial charge in [-0.2, -0.15) is 0 Å². The number of rotatable bonds is 5. The Hall–Kier alpha value is 1.04. The Morgan fingerprint density at radius 2 is 2.18 bits per heavy atom. The van der Waals surface area contributed by atoms with Crippen LogP contribution in [0.25, 0.3) is 0 Å². The van der Waals surface area contributed by atoms with Crippen molar-refractivity contribution in [3.05, 3.63) is 11.8 Å². The summed E-state index contributed by atoms with van der Waals surface area (Å²) in [5.74, 6) is 0. The lowest BCUT2D eigenvalue weighted by molar-refractivity contribution is 1.64. The standard InChI is InChI=1S/C6H10Cl3Si2/c1-11(5-7)4-2-3-10-6(8)9/h2,4,6H,3,5H2,1H3/b4-2+. The summed E-state index contributed by atoms with van der Waals surface area (Å²) in [4.78, 5) is 0. The molecule has 0 N–H and O–H groups in total. The summed E-state index contributed by atoms with van der Waals surface area (Å²) in [7, 11) is 0.183. The molecule has 0 saturated carbocycles. The van der Waals surface area contributed by atoms with Crippen molar-refractivity contribution in [3.8, 4) is 0 Å². The molecular weight excluding hydrogens is 235 g/mol. The van der Waals surface area contributed by atoms with Crippen molar-refractivity contribution in [2.24, 2.45) is 0 Å². The van der Waals surface area contributed by atoms with Gasteiger partial charge in [0.05, 0.1) is 22.8 Å². The average Bonchev–Trinajstić information content (AvgIpc) is 1.97. The van der Waals surface area contributed by atoms with Gasteiger partial charge in [0.2, 0.25) is 0 Å². The summed E-state index contributed by atoms with van der Waals surface area (Å²) < 4.78 is -0.205. The molecule has 0 atom stereocenters. The smallest absolute Gasteiger partial charge is 0.0932 e. The van der Waals surface area contributed by atoms with Crippen LogP contribution in [-0.2, 0) is 0 Å². The van der Waals surface area contributed by atoms with E-state index in [1.807, 2.05) is 0 Å². The molecule has 0 bridgehead atoms. The number of hydrogen-bond donors (Lipinski definition) is 0. The fourth-order valence-electron chi connectivity index (χ4n) is 0.462. The SMILES string of the molecule is C[Si](/C=C/C[Si]C(Cl)Cl)CCl. The zero-order chi connectivity index (χ0) is 8.69. The van der Waals surface area contributed by atoms with Crippen LogP contribution in [0.2, 0.25) is 12.6 Å². The lowest BCUT2D eigenvalue weighted by Gasteiger charge is -1.96. The van der Waals surface area contributed by atoms with Crippen LogP contribution in [0.5, 0.6) is 0 Å². The normalized spacial score (nSPS) is 12.2. The number of alkyl halides is 3. The van der Waals surface area contributed by atoms with E-state index < -0.39 is 8.80 Å². The molecule has 11 heavy (non-hydrogen) atoms. The topological polar surface area (TPSA) is 0 Å². The van der Waals surface area contributed by atoms with Crippen molar-refractivity contribution in [2.75, 3.05) is 5.50 Å². The molecule has 0 heterocycles. The van der Waals surface area contributed by atoms with Gasteiger partial charge >= 0.3 is 0 Å². The summed E-state index contributed by atoms with van der Waals surface area (Å²) in [6.07, 6.45) is 2.13. The highest BCUT2D eigenvalue weighted by Crippen LogP contribution is 2.01. The number of hydrogen-bond acceptors (Lipinski definition) is 0. The van der Waals surface area contributed by atoms with E-state index >= 15 is 0 Å². The van der Waals surface area contributed by atoms with Gasteiger partial charge < -0.3 is 0 Å². The third-order valence-electron chi connectivity index (χ3n) is 1.00. The van der Waals surface area contributed by atoms with Crippen molar-refractivity contribution >= 4 is 53.1 Å². The Bertz CT molecular complexity index is 116. The highest BCUT2D eigenvalue weighted by Gasteiger charge is 1.98. The van der Waals surface area contributed by atoms with Crippen molar-refractivity contribution in [1.82, 2.24) is 0 Å². The van der Waals surface area contributed by atoms with E-state index in [9.17, 15) is 0 Å². The third-order valence-corrected chi connectivity index (χ3v) is 5.20. The minimum absolute atomic E-state index is 0.205. The van der Waals surface area contributed by atoms with E-state index in [0.29, 0.717) is 9.52 Å². The lowest BCUT2D eigenvalue weighted by Crippen LogP contribution is -2.05. The maximum Gasteiger partial charge on any atom is 0.0932 e. The van der Waals surface area contributed by atoms with Gasteiger partial charge in [-0.15, -0.1) is 34.8 Å². The fourth-order valence-corrected chi connectivity index (χ4v) is 2.54. The van der Waals surface area contributed by atoms with Crippen LogP contribution in [0.1, 0.15) is 0 Å². The number of allylic oxidation sites excluding steroid dienone is 1. The average molecular weight is 245 g/mol. The van der Waals surface area contributed by atoms with E-state index in [2.05, 4.69) is 18.3 Å². The van der Waals surface area contributed by atoms with E-state index in [4.69, 9.17) is 34.8 Å². The van der Waals surface area contributed by atoms with Crippen molar-refractivity contribution in [3.63, 3.8) is 0 Å². The molecular formula is C6H10Cl3Si2. The lowest BCUT2D eigenvalue weighted by atomic mass is 10.8. The largest absolute Gasteiger partial charge is 0.130 e. The minimum Gasteiger partial charge on any atom is -0.130 e. The van der Waals surface area contributed by atoms with Gasteiger partial charge in [0.25, 0.3) is 0 Å². The van der Waals surface area contributed by atoms with Gasteiger partial charge in [-0.25, -0.2) is 0 Å². The van der Waals surface area contributed by atoms with E-state index in [-0.39, 0.29) is 4.46 Å². The summed E-state index contributed by atoms with van der Waals surface area (Å²) >= 11 is 16.7. The second-order valence-electron chi connectivity index (χ2n) is 2.09. The Kier molecular flexibility index (Phi) is 8.41. The second-order valence-corrected chi connectivity index (χ2v) is 8.41. The molecule has 0 aromatic heterocycles. The molecule has 0 rings (SSSR count). The van der Waals surface area contributed by atoms with E-state index in [0.717, 1.165) is 11.5 Å². The first-order valence-corrected chi connectivity index (χ1v) is 8.21. The van der Waals surface area contributed by atoms with E-state index in [1.54, 1.807) is 0 Å². The zero-order valence-electron chi connectivity index (χ0n) is 6.28. The first kappa shape index (κ1) is 12.0. The molecule has 0 aliphatic rings. The maximum absolute atomic E-state index is 5.64. The molecule has 0 spiro atoms. The van der Waals surface area contributed by atoms with Crippen molar-refractivity contribution in [2.45, 2.75) is 17.1 Å². The van der Waals surface area contributed by atoms with E-state index in [1.165, 1.54) is 0 Å². The molecule has 3 radical (unpaired) electrons. The van der Waals surface area contributed by atoms with Crippen LogP contribution in [0.4, 0.5) is 0 Å². The highest BCUT2D eigenvalue weighted by molar-refractivity contribution is 6.71. The molecule has 0 aromatic rings. The van der Waals surface area contributed by atoms with Crippen LogP contribution in [0.15, 0.2) is 11.8 Å². The van der Waals surface area contributed by atoms with Gasteiger partial charge in [0.1, 0.15) is 0 Å². The summed E-state index contributed by atoms with van der Waals surface area (Å²) in [6.45, 7) is 2.18. The molecule has 0 nitrogen and oxygen atoms in total. The van der Waals surface area contributed by atoms with Crippen LogP contribution < -0.4 is 0 Å². The number of halogens is 3. The Morgan fingerprint density at radius 3 is 2.64 bits per heavy atom. The first-order chi connectivity index (χ1) is 5.16. The van der Waals surface area contributed by atoms with Gasteiger partial charge in [-0.3, -0.25) is 0 Å². The first-order valence-electron chi connectivity index (χ1n) is 3.23.